The van der Waals surface area contributed by atoms with Crippen LogP contribution in [0, 0.1) is 6.92 Å². The second-order valence-corrected chi connectivity index (χ2v) is 8.36. The number of imide groups is 1. The molecular formula is C20H17F6N3O4S. The van der Waals surface area contributed by atoms with Gasteiger partial charge in [0.1, 0.15) is 5.54 Å². The molecule has 1 aliphatic rings. The number of nitrogens with zero attached hydrogens (tertiary/aromatic N) is 2. The van der Waals surface area contributed by atoms with E-state index in [0.29, 0.717) is 0 Å². The second kappa shape index (κ2) is 9.91. The molecule has 1 aliphatic heterocycles. The minimum Gasteiger partial charge on any atom is -0.475 e. The molecule has 184 valence electrons. The summed E-state index contributed by atoms with van der Waals surface area (Å²) in [6.07, 6.45) is -1.51. The lowest BCUT2D eigenvalue weighted by atomic mass is 9.91. The molecule has 34 heavy (non-hydrogen) atoms. The lowest BCUT2D eigenvalue weighted by Gasteiger charge is -2.22. The molecular weight excluding hydrogens is 492 g/mol. The van der Waals surface area contributed by atoms with E-state index < -0.39 is 35.1 Å². The van der Waals surface area contributed by atoms with Crippen LogP contribution < -0.4 is 10.2 Å². The Morgan fingerprint density at radius 3 is 2.15 bits per heavy atom. The molecule has 2 heterocycles. The second-order valence-electron chi connectivity index (χ2n) is 7.23. The highest BCUT2D eigenvalue weighted by Gasteiger charge is 2.48. The van der Waals surface area contributed by atoms with Gasteiger partial charge in [0.2, 0.25) is 0 Å². The number of thioether (sulfide) groups is 1. The highest BCUT2D eigenvalue weighted by atomic mass is 32.2. The lowest BCUT2D eigenvalue weighted by molar-refractivity contribution is -0.192. The van der Waals surface area contributed by atoms with E-state index in [1.54, 1.807) is 25.4 Å². The summed E-state index contributed by atoms with van der Waals surface area (Å²) in [5.41, 5.74) is -3.56. The Kier molecular flexibility index (Phi) is 7.86. The van der Waals surface area contributed by atoms with Crippen molar-refractivity contribution in [3.05, 3.63) is 53.9 Å². The van der Waals surface area contributed by atoms with Gasteiger partial charge in [-0.3, -0.25) is 9.78 Å². The number of aryl methyl sites for hydroxylation is 1. The van der Waals surface area contributed by atoms with E-state index in [1.807, 2.05) is 6.92 Å². The number of benzene rings is 1. The van der Waals surface area contributed by atoms with Crippen LogP contribution in [0.1, 0.15) is 18.1 Å². The van der Waals surface area contributed by atoms with E-state index in [4.69, 9.17) is 9.90 Å². The predicted molar refractivity (Wildman–Crippen MR) is 109 cm³/mol. The number of aromatic nitrogens is 1. The molecule has 1 aromatic heterocycles. The van der Waals surface area contributed by atoms with Crippen LogP contribution in [0.25, 0.3) is 0 Å². The molecule has 1 aromatic carbocycles. The summed E-state index contributed by atoms with van der Waals surface area (Å²) < 4.78 is 69.1. The summed E-state index contributed by atoms with van der Waals surface area (Å²) >= 11 is -0.253. The number of hydrogen-bond acceptors (Lipinski definition) is 5. The maximum Gasteiger partial charge on any atom is 0.490 e. The maximum atomic E-state index is 12.9. The molecule has 2 N–H and O–H groups in total. The van der Waals surface area contributed by atoms with E-state index in [2.05, 4.69) is 10.3 Å². The fraction of sp³-hybridized carbons (Fsp3) is 0.300. The fourth-order valence-electron chi connectivity index (χ4n) is 2.92. The summed E-state index contributed by atoms with van der Waals surface area (Å²) in [5.74, 6) is -3.22. The van der Waals surface area contributed by atoms with Crippen molar-refractivity contribution in [1.82, 2.24) is 10.3 Å². The zero-order valence-corrected chi connectivity index (χ0v) is 18.3. The molecule has 7 nitrogen and oxygen atoms in total. The van der Waals surface area contributed by atoms with Crippen molar-refractivity contribution in [2.45, 2.75) is 42.4 Å². The number of rotatable bonds is 4. The Balaban J connectivity index is 0.000000509. The first-order chi connectivity index (χ1) is 15.5. The van der Waals surface area contributed by atoms with Crippen molar-refractivity contribution in [1.29, 1.82) is 0 Å². The lowest BCUT2D eigenvalue weighted by Crippen LogP contribution is -2.46. The van der Waals surface area contributed by atoms with Crippen LogP contribution in [0.2, 0.25) is 0 Å². The quantitative estimate of drug-likeness (QED) is 0.353. The smallest absolute Gasteiger partial charge is 0.475 e. The molecule has 14 heteroatoms. The van der Waals surface area contributed by atoms with Crippen LogP contribution in [0.15, 0.2) is 47.6 Å². The third kappa shape index (κ3) is 6.85. The van der Waals surface area contributed by atoms with Gasteiger partial charge in [0.15, 0.2) is 0 Å². The third-order valence-electron chi connectivity index (χ3n) is 4.51. The summed E-state index contributed by atoms with van der Waals surface area (Å²) in [6.45, 7) is 3.49. The molecule has 0 spiro atoms. The van der Waals surface area contributed by atoms with Gasteiger partial charge in [-0.25, -0.2) is 14.5 Å². The van der Waals surface area contributed by atoms with E-state index in [9.17, 15) is 35.9 Å². The number of carboxylic acids is 1. The van der Waals surface area contributed by atoms with Gasteiger partial charge in [0, 0.05) is 23.7 Å². The van der Waals surface area contributed by atoms with Gasteiger partial charge < -0.3 is 10.4 Å². The van der Waals surface area contributed by atoms with Crippen molar-refractivity contribution in [2.75, 3.05) is 4.90 Å². The number of hydrogen-bond donors (Lipinski definition) is 2. The average Bonchev–Trinajstić information content (AvgIpc) is 2.91. The molecule has 3 amide bonds. The number of halogens is 6. The first kappa shape index (κ1) is 27.0. The molecule has 1 saturated heterocycles. The van der Waals surface area contributed by atoms with E-state index in [0.717, 1.165) is 16.0 Å². The summed E-state index contributed by atoms with van der Waals surface area (Å²) in [4.78, 5) is 39.1. The Hall–Kier alpha value is -3.29. The predicted octanol–water partition coefficient (Wildman–Crippen LogP) is 4.69. The number of carbonyl (C=O) groups is 3. The number of pyridine rings is 1. The Labute approximate surface area is 193 Å². The topological polar surface area (TPSA) is 99.6 Å². The minimum atomic E-state index is -5.08. The Bertz CT molecular complexity index is 1080. The van der Waals surface area contributed by atoms with Crippen LogP contribution in [-0.4, -0.2) is 45.2 Å². The molecule has 1 atom stereocenters. The van der Waals surface area contributed by atoms with Gasteiger partial charge in [-0.2, -0.15) is 26.3 Å². The van der Waals surface area contributed by atoms with E-state index >= 15 is 0 Å². The first-order valence-corrected chi connectivity index (χ1v) is 10.1. The number of carbonyl (C=O) groups excluding carboxylic acids is 2. The number of nitrogens with one attached hydrogen (secondary N) is 1. The zero-order chi connectivity index (χ0) is 25.9. The molecule has 2 aromatic rings. The van der Waals surface area contributed by atoms with Gasteiger partial charge in [-0.05, 0) is 67.1 Å². The molecule has 0 radical (unpaired) electrons. The molecule has 0 bridgehead atoms. The monoisotopic (exact) mass is 509 g/mol. The molecule has 0 saturated carbocycles. The summed E-state index contributed by atoms with van der Waals surface area (Å²) in [5, 5.41) is 9.81. The van der Waals surface area contributed by atoms with E-state index in [-0.39, 0.29) is 28.8 Å². The van der Waals surface area contributed by atoms with Gasteiger partial charge in [0.25, 0.3) is 5.91 Å². The molecule has 0 unspecified atom stereocenters. The van der Waals surface area contributed by atoms with Crippen LogP contribution in [0.4, 0.5) is 36.8 Å². The summed E-state index contributed by atoms with van der Waals surface area (Å²) in [6, 6.07) is 6.30. The van der Waals surface area contributed by atoms with Crippen molar-refractivity contribution in [3.63, 3.8) is 0 Å². The molecule has 1 fully saturated rings. The zero-order valence-electron chi connectivity index (χ0n) is 17.5. The number of carboxylic acid groups (broad SMARTS) is 1. The minimum absolute atomic E-state index is 0.0199. The molecule has 0 aliphatic carbocycles. The third-order valence-corrected chi connectivity index (χ3v) is 5.25. The number of amides is 3. The number of anilines is 1. The van der Waals surface area contributed by atoms with Crippen molar-refractivity contribution in [3.8, 4) is 0 Å². The van der Waals surface area contributed by atoms with Gasteiger partial charge in [0.05, 0.1) is 5.69 Å². The molecule has 3 rings (SSSR count). The van der Waals surface area contributed by atoms with E-state index in [1.165, 1.54) is 24.3 Å². The van der Waals surface area contributed by atoms with Crippen LogP contribution in [0.3, 0.4) is 0 Å². The largest absolute Gasteiger partial charge is 0.490 e. The highest BCUT2D eigenvalue weighted by molar-refractivity contribution is 8.00. The SMILES string of the molecule is Cc1cnccc1C[C@@]1(C)NC(=O)N(c2ccc(SC(F)(F)F)cc2)C1=O.O=C(O)C(F)(F)F. The standard InChI is InChI=1S/C18H16F3N3O2S.C2HF3O2/c1-11-10-22-8-7-12(11)9-17(2)15(25)24(16(26)23-17)13-3-5-14(6-4-13)27-18(19,20)21;3-2(4,5)1(6)7/h3-8,10H,9H2,1-2H3,(H,23,26);(H,6,7)/t17-;/m1./s1. The first-order valence-electron chi connectivity index (χ1n) is 9.25. The van der Waals surface area contributed by atoms with Crippen LogP contribution in [0.5, 0.6) is 0 Å². The Morgan fingerprint density at radius 1 is 1.12 bits per heavy atom. The van der Waals surface area contributed by atoms with Crippen molar-refractivity contribution < 1.29 is 45.8 Å². The van der Waals surface area contributed by atoms with Crippen molar-refractivity contribution in [2.24, 2.45) is 0 Å². The van der Waals surface area contributed by atoms with Gasteiger partial charge in [-0.1, -0.05) is 0 Å². The van der Waals surface area contributed by atoms with Crippen molar-refractivity contribution >= 4 is 35.4 Å². The van der Waals surface area contributed by atoms with Gasteiger partial charge in [-0.15, -0.1) is 0 Å². The highest BCUT2D eigenvalue weighted by Crippen LogP contribution is 2.38. The average molecular weight is 509 g/mol. The van der Waals surface area contributed by atoms with Crippen LogP contribution >= 0.6 is 11.8 Å². The van der Waals surface area contributed by atoms with Gasteiger partial charge >= 0.3 is 23.7 Å². The van der Waals surface area contributed by atoms with Crippen LogP contribution in [-0.2, 0) is 16.0 Å². The normalized spacial score (nSPS) is 18.3. The number of urea groups is 1. The maximum absolute atomic E-state index is 12.9. The Morgan fingerprint density at radius 2 is 1.68 bits per heavy atom. The summed E-state index contributed by atoms with van der Waals surface area (Å²) in [7, 11) is 0. The number of aliphatic carboxylic acids is 1. The number of alkyl halides is 6. The fourth-order valence-corrected chi connectivity index (χ4v) is 3.46.